The number of rotatable bonds is 7. The highest BCUT2D eigenvalue weighted by Gasteiger charge is 2.32. The van der Waals surface area contributed by atoms with E-state index in [1.165, 1.54) is 25.2 Å². The second-order valence-electron chi connectivity index (χ2n) is 8.03. The molecule has 2 aromatic rings. The molecule has 2 amide bonds. The van der Waals surface area contributed by atoms with Gasteiger partial charge in [-0.25, -0.2) is 9.78 Å². The maximum Gasteiger partial charge on any atom is 0.329 e. The summed E-state index contributed by atoms with van der Waals surface area (Å²) in [6.07, 6.45) is 3.93. The molecule has 166 valence electrons. The molecule has 1 aromatic carbocycles. The molecular formula is C23H29N3O4S. The van der Waals surface area contributed by atoms with E-state index in [0.29, 0.717) is 10.8 Å². The topological polar surface area (TPSA) is 88.6 Å². The fourth-order valence-corrected chi connectivity index (χ4v) is 4.83. The van der Waals surface area contributed by atoms with Crippen LogP contribution < -0.4 is 10.2 Å². The monoisotopic (exact) mass is 443 g/mol. The molecule has 1 heterocycles. The van der Waals surface area contributed by atoms with Crippen LogP contribution >= 0.6 is 11.3 Å². The van der Waals surface area contributed by atoms with Gasteiger partial charge in [0.25, 0.3) is 0 Å². The van der Waals surface area contributed by atoms with Gasteiger partial charge in [0.1, 0.15) is 12.6 Å². The Morgan fingerprint density at radius 1 is 1.23 bits per heavy atom. The van der Waals surface area contributed by atoms with Gasteiger partial charge in [-0.15, -0.1) is 11.3 Å². The van der Waals surface area contributed by atoms with Gasteiger partial charge in [-0.05, 0) is 49.8 Å². The predicted molar refractivity (Wildman–Crippen MR) is 120 cm³/mol. The van der Waals surface area contributed by atoms with Gasteiger partial charge in [-0.3, -0.25) is 14.5 Å². The Balaban J connectivity index is 1.72. The summed E-state index contributed by atoms with van der Waals surface area (Å²) in [7, 11) is 0. The minimum atomic E-state index is -0.623. The second-order valence-corrected chi connectivity index (χ2v) is 8.86. The standard InChI is InChI=1S/C23H29N3O4S/c1-14-8-7-11-20(15(14)2)26(17(4)28)23-25-19(13-31-23)12-30-22(29)21(24-16(3)27)18-9-5-6-10-18/h7-8,11,13,18,21H,5-6,9-10,12H2,1-4H3,(H,24,27). The third-order valence-electron chi connectivity index (χ3n) is 5.71. The Labute approximate surface area is 186 Å². The average Bonchev–Trinajstić information content (AvgIpc) is 3.40. The van der Waals surface area contributed by atoms with E-state index in [1.54, 1.807) is 10.3 Å². The van der Waals surface area contributed by atoms with Crippen LogP contribution in [0.3, 0.4) is 0 Å². The van der Waals surface area contributed by atoms with E-state index in [9.17, 15) is 14.4 Å². The van der Waals surface area contributed by atoms with E-state index in [-0.39, 0.29) is 24.3 Å². The minimum absolute atomic E-state index is 0.00329. The zero-order valence-electron chi connectivity index (χ0n) is 18.4. The first-order chi connectivity index (χ1) is 14.8. The molecule has 3 rings (SSSR count). The molecule has 0 spiro atoms. The number of carbonyl (C=O) groups is 3. The third kappa shape index (κ3) is 5.50. The van der Waals surface area contributed by atoms with E-state index in [1.807, 2.05) is 32.0 Å². The maximum absolute atomic E-state index is 12.7. The minimum Gasteiger partial charge on any atom is -0.458 e. The molecule has 1 aliphatic carbocycles. The van der Waals surface area contributed by atoms with E-state index in [4.69, 9.17) is 4.74 Å². The van der Waals surface area contributed by atoms with Crippen molar-refractivity contribution in [2.24, 2.45) is 5.92 Å². The largest absolute Gasteiger partial charge is 0.458 e. The van der Waals surface area contributed by atoms with Gasteiger partial charge in [0.2, 0.25) is 11.8 Å². The van der Waals surface area contributed by atoms with Gasteiger partial charge in [0, 0.05) is 19.2 Å². The highest BCUT2D eigenvalue weighted by atomic mass is 32.1. The second kappa shape index (κ2) is 10.0. The van der Waals surface area contributed by atoms with E-state index >= 15 is 0 Å². The lowest BCUT2D eigenvalue weighted by Crippen LogP contribution is -2.45. The van der Waals surface area contributed by atoms with E-state index < -0.39 is 12.0 Å². The van der Waals surface area contributed by atoms with Gasteiger partial charge in [-0.2, -0.15) is 0 Å². The number of aryl methyl sites for hydroxylation is 1. The van der Waals surface area contributed by atoms with Crippen molar-refractivity contribution in [3.8, 4) is 0 Å². The van der Waals surface area contributed by atoms with Crippen LogP contribution in [0.15, 0.2) is 23.6 Å². The number of carbonyl (C=O) groups excluding carboxylic acids is 3. The summed E-state index contributed by atoms with van der Waals surface area (Å²) in [5, 5.41) is 5.06. The van der Waals surface area contributed by atoms with Gasteiger partial charge in [-0.1, -0.05) is 25.0 Å². The Morgan fingerprint density at radius 3 is 2.58 bits per heavy atom. The predicted octanol–water partition coefficient (Wildman–Crippen LogP) is 4.18. The van der Waals surface area contributed by atoms with Crippen LogP contribution in [0.25, 0.3) is 0 Å². The number of aromatic nitrogens is 1. The van der Waals surface area contributed by atoms with Gasteiger partial charge >= 0.3 is 5.97 Å². The van der Waals surface area contributed by atoms with Gasteiger partial charge in [0.05, 0.1) is 11.4 Å². The molecular weight excluding hydrogens is 414 g/mol. The Kier molecular flexibility index (Phi) is 7.43. The Morgan fingerprint density at radius 2 is 1.94 bits per heavy atom. The zero-order valence-corrected chi connectivity index (χ0v) is 19.3. The Bertz CT molecular complexity index is 965. The summed E-state index contributed by atoms with van der Waals surface area (Å²) in [5.74, 6) is -0.705. The van der Waals surface area contributed by atoms with Crippen molar-refractivity contribution in [1.82, 2.24) is 10.3 Å². The molecule has 31 heavy (non-hydrogen) atoms. The number of anilines is 2. The molecule has 1 saturated carbocycles. The summed E-state index contributed by atoms with van der Waals surface area (Å²) in [5.41, 5.74) is 3.45. The number of nitrogens with zero attached hydrogens (tertiary/aromatic N) is 2. The number of hydrogen-bond acceptors (Lipinski definition) is 6. The summed E-state index contributed by atoms with van der Waals surface area (Å²) >= 11 is 1.32. The summed E-state index contributed by atoms with van der Waals surface area (Å²) < 4.78 is 5.49. The van der Waals surface area contributed by atoms with Crippen molar-refractivity contribution in [2.75, 3.05) is 4.90 Å². The van der Waals surface area contributed by atoms with Crippen molar-refractivity contribution in [1.29, 1.82) is 0 Å². The van der Waals surface area contributed by atoms with Crippen LogP contribution in [0.4, 0.5) is 10.8 Å². The number of esters is 1. The fourth-order valence-electron chi connectivity index (χ4n) is 3.96. The number of amides is 2. The first-order valence-corrected chi connectivity index (χ1v) is 11.4. The van der Waals surface area contributed by atoms with Crippen LogP contribution in [0.2, 0.25) is 0 Å². The molecule has 0 aliphatic heterocycles. The van der Waals surface area contributed by atoms with Crippen molar-refractivity contribution in [3.63, 3.8) is 0 Å². The lowest BCUT2D eigenvalue weighted by Gasteiger charge is -2.22. The number of hydrogen-bond donors (Lipinski definition) is 1. The van der Waals surface area contributed by atoms with Crippen molar-refractivity contribution in [2.45, 2.75) is 66.0 Å². The van der Waals surface area contributed by atoms with Crippen molar-refractivity contribution in [3.05, 3.63) is 40.4 Å². The molecule has 1 atom stereocenters. The lowest BCUT2D eigenvalue weighted by molar-refractivity contribution is -0.150. The van der Waals surface area contributed by atoms with Crippen LogP contribution in [-0.4, -0.2) is 28.8 Å². The van der Waals surface area contributed by atoms with Gasteiger partial charge in [0.15, 0.2) is 5.13 Å². The SMILES string of the molecule is CC(=O)NC(C(=O)OCc1csc(N(C(C)=O)c2cccc(C)c2C)n1)C1CCCC1. The normalized spacial score (nSPS) is 14.8. The first kappa shape index (κ1) is 22.9. The van der Waals surface area contributed by atoms with Crippen molar-refractivity contribution >= 4 is 39.9 Å². The molecule has 0 bridgehead atoms. The molecule has 1 N–H and O–H groups in total. The molecule has 1 aliphatic rings. The lowest BCUT2D eigenvalue weighted by atomic mass is 9.98. The van der Waals surface area contributed by atoms with Gasteiger partial charge < -0.3 is 10.1 Å². The highest BCUT2D eigenvalue weighted by molar-refractivity contribution is 7.14. The molecule has 0 radical (unpaired) electrons. The summed E-state index contributed by atoms with van der Waals surface area (Å²) in [6.45, 7) is 6.88. The van der Waals surface area contributed by atoms with Crippen LogP contribution in [-0.2, 0) is 25.7 Å². The number of benzene rings is 1. The maximum atomic E-state index is 12.7. The molecule has 1 unspecified atom stereocenters. The number of thiazole rings is 1. The number of nitrogens with one attached hydrogen (secondary N) is 1. The highest BCUT2D eigenvalue weighted by Crippen LogP contribution is 2.33. The van der Waals surface area contributed by atoms with Crippen molar-refractivity contribution < 1.29 is 19.1 Å². The fraction of sp³-hybridized carbons (Fsp3) is 0.478. The zero-order chi connectivity index (χ0) is 22.5. The van der Waals surface area contributed by atoms with E-state index in [2.05, 4.69) is 10.3 Å². The summed E-state index contributed by atoms with van der Waals surface area (Å²) in [4.78, 5) is 42.7. The third-order valence-corrected chi connectivity index (χ3v) is 6.58. The first-order valence-electron chi connectivity index (χ1n) is 10.5. The molecule has 1 fully saturated rings. The smallest absolute Gasteiger partial charge is 0.329 e. The molecule has 1 aromatic heterocycles. The average molecular weight is 444 g/mol. The molecule has 8 heteroatoms. The molecule has 0 saturated heterocycles. The van der Waals surface area contributed by atoms with Crippen LogP contribution in [0.5, 0.6) is 0 Å². The Hall–Kier alpha value is -2.74. The van der Waals surface area contributed by atoms with Crippen LogP contribution in [0.1, 0.15) is 56.4 Å². The molecule has 7 nitrogen and oxygen atoms in total. The van der Waals surface area contributed by atoms with E-state index in [0.717, 1.165) is 42.5 Å². The summed E-state index contributed by atoms with van der Waals surface area (Å²) in [6, 6.07) is 5.18. The van der Waals surface area contributed by atoms with Crippen LogP contribution in [0, 0.1) is 19.8 Å². The number of ether oxygens (including phenoxy) is 1. The quantitative estimate of drug-likeness (QED) is 0.649.